The third kappa shape index (κ3) is 9.92. The van der Waals surface area contributed by atoms with E-state index in [9.17, 15) is 0 Å². The van der Waals surface area contributed by atoms with Crippen molar-refractivity contribution in [3.8, 4) is 0 Å². The van der Waals surface area contributed by atoms with Crippen LogP contribution in [-0.2, 0) is 25.8 Å². The van der Waals surface area contributed by atoms with Gasteiger partial charge in [0.05, 0.1) is 0 Å². The van der Waals surface area contributed by atoms with E-state index >= 15 is 0 Å². The topological polar surface area (TPSA) is 0 Å². The van der Waals surface area contributed by atoms with Crippen molar-refractivity contribution in [2.45, 2.75) is 53.4 Å². The molecule has 0 bridgehead atoms. The molecule has 0 amide bonds. The van der Waals surface area contributed by atoms with Crippen LogP contribution in [-0.4, -0.2) is 0 Å². The molecule has 0 aromatic rings. The minimum Gasteiger partial charge on any atom is -1.00 e. The van der Waals surface area contributed by atoms with Crippen LogP contribution >= 0.6 is 0 Å². The fraction of sp³-hybridized carbons (Fsp3) is 0.556. The minimum absolute atomic E-state index is 0. The van der Waals surface area contributed by atoms with Crippen molar-refractivity contribution in [3.05, 3.63) is 47.6 Å². The Morgan fingerprint density at radius 1 is 0.857 bits per heavy atom. The second-order valence-corrected chi connectivity index (χ2v) is 5.10. The summed E-state index contributed by atoms with van der Waals surface area (Å²) in [5.41, 5.74) is 2.80. The Hall–Kier alpha value is 0.410. The third-order valence-corrected chi connectivity index (χ3v) is 3.73. The van der Waals surface area contributed by atoms with E-state index in [0.717, 1.165) is 12.8 Å². The molecule has 21 heavy (non-hydrogen) atoms. The molecule has 2 aliphatic carbocycles. The number of halogens is 2. The first-order valence-electron chi connectivity index (χ1n) is 7.23. The smallest absolute Gasteiger partial charge is 1.00 e. The molecular weight excluding hydrogens is 466 g/mol. The maximum absolute atomic E-state index is 3.31. The van der Waals surface area contributed by atoms with Crippen LogP contribution < -0.4 is 24.8 Å². The summed E-state index contributed by atoms with van der Waals surface area (Å²) in [5.74, 6) is 1.42. The molecule has 0 fully saturated rings. The van der Waals surface area contributed by atoms with Gasteiger partial charge in [0.1, 0.15) is 0 Å². The van der Waals surface area contributed by atoms with Gasteiger partial charge < -0.3 is 24.8 Å². The van der Waals surface area contributed by atoms with Crippen LogP contribution in [0.5, 0.6) is 0 Å². The Morgan fingerprint density at radius 3 is 1.38 bits per heavy atom. The number of allylic oxidation sites excluding steroid dienone is 8. The quantitative estimate of drug-likeness (QED) is 0.366. The molecule has 2 unspecified atom stereocenters. The van der Waals surface area contributed by atoms with Gasteiger partial charge in [0.15, 0.2) is 0 Å². The molecule has 3 heteroatoms. The fourth-order valence-corrected chi connectivity index (χ4v) is 1.96. The van der Waals surface area contributed by atoms with Crippen LogP contribution in [0.4, 0.5) is 0 Å². The minimum atomic E-state index is 0. The van der Waals surface area contributed by atoms with E-state index in [4.69, 9.17) is 0 Å². The van der Waals surface area contributed by atoms with Gasteiger partial charge in [-0.25, -0.2) is 23.3 Å². The molecule has 2 atom stereocenters. The van der Waals surface area contributed by atoms with Crippen molar-refractivity contribution >= 4 is 0 Å². The summed E-state index contributed by atoms with van der Waals surface area (Å²) in [6.07, 6.45) is 19.9. The predicted octanol–water partition coefficient (Wildman–Crippen LogP) is -0.551. The van der Waals surface area contributed by atoms with Gasteiger partial charge >= 0.3 is 25.8 Å². The molecule has 2 rings (SSSR count). The van der Waals surface area contributed by atoms with E-state index in [1.165, 1.54) is 24.0 Å². The molecule has 0 radical (unpaired) electrons. The summed E-state index contributed by atoms with van der Waals surface area (Å²) in [5, 5.41) is 0. The van der Waals surface area contributed by atoms with E-state index in [1.807, 2.05) is 0 Å². The van der Waals surface area contributed by atoms with Gasteiger partial charge in [-0.2, -0.15) is 12.2 Å². The van der Waals surface area contributed by atoms with Gasteiger partial charge in [-0.3, -0.25) is 12.2 Å². The average molecular weight is 492 g/mol. The van der Waals surface area contributed by atoms with Crippen molar-refractivity contribution in [3.63, 3.8) is 0 Å². The first-order valence-corrected chi connectivity index (χ1v) is 7.23. The second-order valence-electron chi connectivity index (χ2n) is 5.10. The standard InChI is InChI=1S/2C9H13.2ClH.Hf/c2*1-3-8(2)9-6-4-5-7-9;;;/h2*4,6,8H,3,5H2,1-2H3;2*1H;/q2*-1;;;+4/p-2. The second kappa shape index (κ2) is 15.3. The molecule has 0 saturated carbocycles. The predicted molar refractivity (Wildman–Crippen MR) is 79.9 cm³/mol. The maximum Gasteiger partial charge on any atom is 4.00 e. The van der Waals surface area contributed by atoms with Crippen LogP contribution in [0, 0.1) is 24.0 Å². The zero-order valence-corrected chi connectivity index (χ0v) is 18.7. The summed E-state index contributed by atoms with van der Waals surface area (Å²) < 4.78 is 0. The van der Waals surface area contributed by atoms with Gasteiger partial charge in [-0.05, 0) is 0 Å². The molecule has 0 spiro atoms. The van der Waals surface area contributed by atoms with Gasteiger partial charge in [0.25, 0.3) is 0 Å². The number of rotatable bonds is 4. The molecule has 0 aromatic heterocycles. The molecule has 0 aliphatic heterocycles. The van der Waals surface area contributed by atoms with Crippen LogP contribution in [0.25, 0.3) is 0 Å². The van der Waals surface area contributed by atoms with Crippen LogP contribution in [0.2, 0.25) is 0 Å². The molecule has 116 valence electrons. The Balaban J connectivity index is -0.000000270. The summed E-state index contributed by atoms with van der Waals surface area (Å²) in [6, 6.07) is 0. The first-order chi connectivity index (χ1) is 8.69. The molecule has 0 heterocycles. The number of hydrogen-bond donors (Lipinski definition) is 0. The Bertz CT molecular complexity index is 331. The van der Waals surface area contributed by atoms with Crippen molar-refractivity contribution < 1.29 is 50.7 Å². The zero-order chi connectivity index (χ0) is 13.4. The third-order valence-electron chi connectivity index (χ3n) is 3.73. The van der Waals surface area contributed by atoms with E-state index in [-0.39, 0.29) is 50.7 Å². The monoisotopic (exact) mass is 492 g/mol. The maximum atomic E-state index is 3.31. The molecule has 0 aromatic carbocycles. The SMILES string of the molecule is CCC(C)C1=[C-]CC=C1.CCC(C)C1=[C-]CC=C1.[Cl-].[Cl-].[Hf+4]. The van der Waals surface area contributed by atoms with Crippen molar-refractivity contribution in [2.75, 3.05) is 0 Å². The Kier molecular flexibility index (Phi) is 19.2. The molecule has 2 aliphatic rings. The van der Waals surface area contributed by atoms with Gasteiger partial charge in [0.2, 0.25) is 0 Å². The van der Waals surface area contributed by atoms with E-state index < -0.39 is 0 Å². The largest absolute Gasteiger partial charge is 4.00 e. The van der Waals surface area contributed by atoms with Crippen molar-refractivity contribution in [2.24, 2.45) is 11.8 Å². The van der Waals surface area contributed by atoms with Crippen LogP contribution in [0.15, 0.2) is 35.5 Å². The van der Waals surface area contributed by atoms with E-state index in [0.29, 0.717) is 11.8 Å². The van der Waals surface area contributed by atoms with Crippen LogP contribution in [0.3, 0.4) is 0 Å². The molecule has 0 N–H and O–H groups in total. The summed E-state index contributed by atoms with van der Waals surface area (Å²) in [7, 11) is 0. The Labute approximate surface area is 162 Å². The van der Waals surface area contributed by atoms with E-state index in [1.54, 1.807) is 0 Å². The van der Waals surface area contributed by atoms with E-state index in [2.05, 4.69) is 64.2 Å². The molecule has 0 saturated heterocycles. The fourth-order valence-electron chi connectivity index (χ4n) is 1.96. The van der Waals surface area contributed by atoms with Crippen molar-refractivity contribution in [1.82, 2.24) is 0 Å². The summed E-state index contributed by atoms with van der Waals surface area (Å²) >= 11 is 0. The Morgan fingerprint density at radius 2 is 1.19 bits per heavy atom. The summed E-state index contributed by atoms with van der Waals surface area (Å²) in [6.45, 7) is 8.92. The normalized spacial score (nSPS) is 17.1. The molecule has 0 nitrogen and oxygen atoms in total. The van der Waals surface area contributed by atoms with Crippen LogP contribution in [0.1, 0.15) is 53.4 Å². The zero-order valence-electron chi connectivity index (χ0n) is 13.5. The number of hydrogen-bond acceptors (Lipinski definition) is 0. The van der Waals surface area contributed by atoms with Crippen molar-refractivity contribution in [1.29, 1.82) is 0 Å². The van der Waals surface area contributed by atoms with Gasteiger partial charge in [-0.15, -0.1) is 12.8 Å². The molecular formula is C18H26Cl2Hf. The average Bonchev–Trinajstić information content (AvgIpc) is 3.09. The summed E-state index contributed by atoms with van der Waals surface area (Å²) in [4.78, 5) is 0. The van der Waals surface area contributed by atoms with Gasteiger partial charge in [-0.1, -0.05) is 52.4 Å². The van der Waals surface area contributed by atoms with Gasteiger partial charge in [0, 0.05) is 0 Å². The first kappa shape index (κ1) is 26.3.